The number of aromatic nitrogens is 1. The van der Waals surface area contributed by atoms with Crippen molar-refractivity contribution in [2.24, 2.45) is 5.92 Å². The number of benzene rings is 1. The standard InChI is InChI=1S/C17H18ClN3O2/c18-13-3-1-2-12(8-13)15-9-19-17(23-15)16(22)20-14-10-21-6-4-11(14)5-7-21/h1-3,8-9,11,14H,4-7,10H2,(H,20,22)/t14-/m0/s1. The largest absolute Gasteiger partial charge is 0.432 e. The molecule has 1 atom stereocenters. The van der Waals surface area contributed by atoms with E-state index in [4.69, 9.17) is 16.0 Å². The summed E-state index contributed by atoms with van der Waals surface area (Å²) < 4.78 is 5.61. The minimum absolute atomic E-state index is 0.108. The molecule has 1 aromatic heterocycles. The second-order valence-electron chi connectivity index (χ2n) is 6.26. The number of nitrogens with one attached hydrogen (secondary N) is 1. The van der Waals surface area contributed by atoms with Crippen LogP contribution >= 0.6 is 11.6 Å². The van der Waals surface area contributed by atoms with Crippen LogP contribution in [0.4, 0.5) is 0 Å². The zero-order valence-corrected chi connectivity index (χ0v) is 13.4. The van der Waals surface area contributed by atoms with Gasteiger partial charge in [-0.3, -0.25) is 4.79 Å². The first-order valence-corrected chi connectivity index (χ1v) is 8.32. The molecule has 0 aliphatic carbocycles. The van der Waals surface area contributed by atoms with E-state index in [9.17, 15) is 4.79 Å². The Kier molecular flexibility index (Phi) is 3.83. The Bertz CT molecular complexity index is 722. The molecule has 23 heavy (non-hydrogen) atoms. The van der Waals surface area contributed by atoms with Crippen LogP contribution < -0.4 is 5.32 Å². The van der Waals surface area contributed by atoms with Crippen LogP contribution in [0.2, 0.25) is 5.02 Å². The first kappa shape index (κ1) is 14.7. The van der Waals surface area contributed by atoms with E-state index >= 15 is 0 Å². The molecule has 1 amide bonds. The molecule has 0 radical (unpaired) electrons. The minimum atomic E-state index is -0.239. The highest BCUT2D eigenvalue weighted by Gasteiger charge is 2.35. The van der Waals surface area contributed by atoms with Crippen molar-refractivity contribution in [2.45, 2.75) is 18.9 Å². The molecule has 0 spiro atoms. The molecule has 3 fully saturated rings. The normalized spacial score (nSPS) is 26.2. The van der Waals surface area contributed by atoms with Crippen LogP contribution in [0.3, 0.4) is 0 Å². The Balaban J connectivity index is 1.47. The fourth-order valence-corrected chi connectivity index (χ4v) is 3.70. The number of rotatable bonds is 3. The SMILES string of the molecule is O=C(N[C@H]1CN2CCC1CC2)c1ncc(-c2cccc(Cl)c2)o1. The summed E-state index contributed by atoms with van der Waals surface area (Å²) >= 11 is 5.98. The first-order valence-electron chi connectivity index (χ1n) is 7.94. The molecule has 3 saturated heterocycles. The van der Waals surface area contributed by atoms with Crippen molar-refractivity contribution in [1.82, 2.24) is 15.2 Å². The van der Waals surface area contributed by atoms with Gasteiger partial charge in [0.05, 0.1) is 6.20 Å². The van der Waals surface area contributed by atoms with E-state index in [2.05, 4.69) is 15.2 Å². The van der Waals surface area contributed by atoms with E-state index in [0.717, 1.165) is 38.0 Å². The van der Waals surface area contributed by atoms with Crippen LogP contribution in [-0.2, 0) is 0 Å². The number of carbonyl (C=O) groups is 1. The molecular formula is C17H18ClN3O2. The zero-order chi connectivity index (χ0) is 15.8. The van der Waals surface area contributed by atoms with Gasteiger partial charge in [-0.05, 0) is 44.0 Å². The molecule has 5 rings (SSSR count). The van der Waals surface area contributed by atoms with Crippen molar-refractivity contribution in [2.75, 3.05) is 19.6 Å². The highest BCUT2D eigenvalue weighted by atomic mass is 35.5. The maximum atomic E-state index is 12.4. The van der Waals surface area contributed by atoms with E-state index in [0.29, 0.717) is 16.7 Å². The highest BCUT2D eigenvalue weighted by Crippen LogP contribution is 2.28. The van der Waals surface area contributed by atoms with Crippen molar-refractivity contribution >= 4 is 17.5 Å². The molecule has 6 heteroatoms. The zero-order valence-electron chi connectivity index (χ0n) is 12.7. The number of hydrogen-bond donors (Lipinski definition) is 1. The highest BCUT2D eigenvalue weighted by molar-refractivity contribution is 6.30. The summed E-state index contributed by atoms with van der Waals surface area (Å²) in [5.41, 5.74) is 0.812. The molecule has 5 nitrogen and oxygen atoms in total. The molecule has 4 heterocycles. The first-order chi connectivity index (χ1) is 11.2. The minimum Gasteiger partial charge on any atom is -0.432 e. The number of oxazole rings is 1. The number of hydrogen-bond acceptors (Lipinski definition) is 4. The van der Waals surface area contributed by atoms with Gasteiger partial charge >= 0.3 is 5.91 Å². The van der Waals surface area contributed by atoms with E-state index in [-0.39, 0.29) is 17.8 Å². The third-order valence-electron chi connectivity index (χ3n) is 4.78. The summed E-state index contributed by atoms with van der Waals surface area (Å²) in [6.45, 7) is 3.22. The van der Waals surface area contributed by atoms with E-state index in [1.165, 1.54) is 0 Å². The van der Waals surface area contributed by atoms with Crippen LogP contribution in [0.25, 0.3) is 11.3 Å². The number of halogens is 1. The van der Waals surface area contributed by atoms with Gasteiger partial charge in [-0.2, -0.15) is 0 Å². The molecule has 0 unspecified atom stereocenters. The molecule has 120 valence electrons. The molecule has 2 bridgehead atoms. The summed E-state index contributed by atoms with van der Waals surface area (Å²) in [5.74, 6) is 0.992. The second-order valence-corrected chi connectivity index (χ2v) is 6.69. The van der Waals surface area contributed by atoms with Gasteiger partial charge in [0, 0.05) is 23.2 Å². The Labute approximate surface area is 139 Å². The van der Waals surface area contributed by atoms with Crippen LogP contribution in [0.15, 0.2) is 34.9 Å². The summed E-state index contributed by atoms with van der Waals surface area (Å²) in [6.07, 6.45) is 3.88. The lowest BCUT2D eigenvalue weighted by Crippen LogP contribution is -2.57. The monoisotopic (exact) mass is 331 g/mol. The lowest BCUT2D eigenvalue weighted by atomic mass is 9.84. The third kappa shape index (κ3) is 2.99. The molecule has 1 aromatic carbocycles. The molecule has 3 aliphatic heterocycles. The van der Waals surface area contributed by atoms with Gasteiger partial charge in [-0.15, -0.1) is 0 Å². The van der Waals surface area contributed by atoms with Gasteiger partial charge < -0.3 is 14.6 Å². The topological polar surface area (TPSA) is 58.4 Å². The Morgan fingerprint density at radius 1 is 1.35 bits per heavy atom. The van der Waals surface area contributed by atoms with Gasteiger partial charge in [-0.1, -0.05) is 23.7 Å². The fraction of sp³-hybridized carbons (Fsp3) is 0.412. The lowest BCUT2D eigenvalue weighted by molar-refractivity contribution is 0.0602. The Hall–Kier alpha value is -1.85. The van der Waals surface area contributed by atoms with Crippen LogP contribution in [0, 0.1) is 5.92 Å². The predicted octanol–water partition coefficient (Wildman–Crippen LogP) is 2.82. The van der Waals surface area contributed by atoms with Crippen molar-refractivity contribution < 1.29 is 9.21 Å². The molecule has 2 aromatic rings. The second kappa shape index (κ2) is 5.98. The summed E-state index contributed by atoms with van der Waals surface area (Å²) in [7, 11) is 0. The Morgan fingerprint density at radius 2 is 2.17 bits per heavy atom. The number of carbonyl (C=O) groups excluding carboxylic acids is 1. The van der Waals surface area contributed by atoms with Crippen LogP contribution in [0.1, 0.15) is 23.5 Å². The number of nitrogens with zero attached hydrogens (tertiary/aromatic N) is 2. The smallest absolute Gasteiger partial charge is 0.307 e. The molecule has 0 saturated carbocycles. The third-order valence-corrected chi connectivity index (χ3v) is 5.02. The van der Waals surface area contributed by atoms with E-state index in [1.807, 2.05) is 12.1 Å². The fourth-order valence-electron chi connectivity index (χ4n) is 3.51. The molecule has 3 aliphatic rings. The van der Waals surface area contributed by atoms with Gasteiger partial charge in [0.2, 0.25) is 0 Å². The van der Waals surface area contributed by atoms with Crippen molar-refractivity contribution in [3.63, 3.8) is 0 Å². The molecule has 1 N–H and O–H groups in total. The van der Waals surface area contributed by atoms with Crippen molar-refractivity contribution in [3.05, 3.63) is 41.4 Å². The average Bonchev–Trinajstić information content (AvgIpc) is 3.06. The van der Waals surface area contributed by atoms with Gasteiger partial charge in [0.15, 0.2) is 5.76 Å². The lowest BCUT2D eigenvalue weighted by Gasteiger charge is -2.44. The van der Waals surface area contributed by atoms with Gasteiger partial charge in [0.25, 0.3) is 5.89 Å². The number of amides is 1. The Morgan fingerprint density at radius 3 is 2.87 bits per heavy atom. The number of piperidine rings is 3. The van der Waals surface area contributed by atoms with Gasteiger partial charge in [0.1, 0.15) is 0 Å². The van der Waals surface area contributed by atoms with E-state index < -0.39 is 0 Å². The summed E-state index contributed by atoms with van der Waals surface area (Å²) in [4.78, 5) is 18.9. The quantitative estimate of drug-likeness (QED) is 0.939. The van der Waals surface area contributed by atoms with Crippen molar-refractivity contribution in [1.29, 1.82) is 0 Å². The van der Waals surface area contributed by atoms with Crippen molar-refractivity contribution in [3.8, 4) is 11.3 Å². The molecular weight excluding hydrogens is 314 g/mol. The maximum Gasteiger partial charge on any atom is 0.307 e. The van der Waals surface area contributed by atoms with Crippen LogP contribution in [0.5, 0.6) is 0 Å². The van der Waals surface area contributed by atoms with Gasteiger partial charge in [-0.25, -0.2) is 4.98 Å². The predicted molar refractivity (Wildman–Crippen MR) is 87.4 cm³/mol. The number of fused-ring (bicyclic) bond motifs is 3. The summed E-state index contributed by atoms with van der Waals surface area (Å²) in [5, 5.41) is 3.70. The van der Waals surface area contributed by atoms with E-state index in [1.54, 1.807) is 18.3 Å². The average molecular weight is 332 g/mol. The van der Waals surface area contributed by atoms with Crippen LogP contribution in [-0.4, -0.2) is 41.5 Å². The maximum absolute atomic E-state index is 12.4. The summed E-state index contributed by atoms with van der Waals surface area (Å²) in [6, 6.07) is 7.50.